The largest absolute Gasteiger partial charge is 0.481 e. The number of carboxylic acid groups (broad SMARTS) is 1. The van der Waals surface area contributed by atoms with E-state index >= 15 is 0 Å². The van der Waals surface area contributed by atoms with Gasteiger partial charge < -0.3 is 10.0 Å². The van der Waals surface area contributed by atoms with E-state index < -0.39 is 11.9 Å². The first kappa shape index (κ1) is 16.9. The monoisotopic (exact) mass is 364 g/mol. The predicted octanol–water partition coefficient (Wildman–Crippen LogP) is 3.33. The average Bonchev–Trinajstić information content (AvgIpc) is 3.03. The quantitative estimate of drug-likeness (QED) is 0.903. The molecule has 24 heavy (non-hydrogen) atoms. The Kier molecular flexibility index (Phi) is 5.16. The zero-order valence-electron chi connectivity index (χ0n) is 12.9. The minimum absolute atomic E-state index is 0.0658. The molecule has 1 unspecified atom stereocenters. The van der Waals surface area contributed by atoms with Crippen LogP contribution in [0.25, 0.3) is 10.6 Å². The molecule has 1 atom stereocenters. The van der Waals surface area contributed by atoms with Crippen molar-refractivity contribution in [1.29, 1.82) is 0 Å². The van der Waals surface area contributed by atoms with Gasteiger partial charge in [0.1, 0.15) is 5.01 Å². The van der Waals surface area contributed by atoms with Crippen LogP contribution in [-0.2, 0) is 16.0 Å². The highest BCUT2D eigenvalue weighted by atomic mass is 35.5. The summed E-state index contributed by atoms with van der Waals surface area (Å²) in [5.41, 5.74) is 1.63. The zero-order chi connectivity index (χ0) is 17.1. The van der Waals surface area contributed by atoms with Gasteiger partial charge in [-0.2, -0.15) is 0 Å². The first-order chi connectivity index (χ1) is 11.5. The lowest BCUT2D eigenvalue weighted by atomic mass is 9.98. The number of likely N-dealkylation sites (tertiary alicyclic amines) is 1. The molecule has 1 aromatic heterocycles. The highest BCUT2D eigenvalue weighted by Gasteiger charge is 2.28. The second kappa shape index (κ2) is 7.32. The number of amides is 1. The minimum atomic E-state index is -0.829. The van der Waals surface area contributed by atoms with Crippen LogP contribution >= 0.6 is 22.9 Å². The van der Waals surface area contributed by atoms with Crippen molar-refractivity contribution in [3.05, 3.63) is 40.4 Å². The molecule has 5 nitrogen and oxygen atoms in total. The molecule has 126 valence electrons. The number of carbonyl (C=O) groups is 2. The highest BCUT2D eigenvalue weighted by molar-refractivity contribution is 7.13. The smallest absolute Gasteiger partial charge is 0.308 e. The van der Waals surface area contributed by atoms with Crippen LogP contribution in [0.15, 0.2) is 29.6 Å². The molecule has 1 aliphatic rings. The van der Waals surface area contributed by atoms with Crippen molar-refractivity contribution in [2.75, 3.05) is 13.1 Å². The number of hydrogen-bond acceptors (Lipinski definition) is 4. The molecule has 7 heteroatoms. The molecule has 1 N–H and O–H groups in total. The normalized spacial score (nSPS) is 17.7. The summed E-state index contributed by atoms with van der Waals surface area (Å²) in [5.74, 6) is -1.35. The van der Waals surface area contributed by atoms with Crippen LogP contribution in [-0.4, -0.2) is 40.0 Å². The van der Waals surface area contributed by atoms with Crippen molar-refractivity contribution >= 4 is 34.8 Å². The van der Waals surface area contributed by atoms with Gasteiger partial charge in [-0.25, -0.2) is 4.98 Å². The molecule has 1 saturated heterocycles. The van der Waals surface area contributed by atoms with E-state index in [1.54, 1.807) is 11.0 Å². The third-order valence-corrected chi connectivity index (χ3v) is 5.25. The van der Waals surface area contributed by atoms with Crippen molar-refractivity contribution in [1.82, 2.24) is 9.88 Å². The fourth-order valence-corrected chi connectivity index (χ4v) is 3.82. The van der Waals surface area contributed by atoms with Crippen LogP contribution in [0, 0.1) is 5.92 Å². The standard InChI is InChI=1S/C17H17ClN2O3S/c18-13-5-1-3-11(7-13)16-19-14(10-24-16)8-15(21)20-6-2-4-12(9-20)17(22)23/h1,3,5,7,10,12H,2,4,6,8-9H2,(H,22,23). The van der Waals surface area contributed by atoms with Gasteiger partial charge in [-0.3, -0.25) is 9.59 Å². The molecule has 2 aromatic rings. The summed E-state index contributed by atoms with van der Waals surface area (Å²) in [6.07, 6.45) is 1.56. The number of benzene rings is 1. The Labute approximate surface area is 148 Å². The summed E-state index contributed by atoms with van der Waals surface area (Å²) in [6, 6.07) is 7.44. The van der Waals surface area contributed by atoms with Crippen molar-refractivity contribution in [3.63, 3.8) is 0 Å². The lowest BCUT2D eigenvalue weighted by Gasteiger charge is -2.30. The van der Waals surface area contributed by atoms with Gasteiger partial charge in [-0.15, -0.1) is 11.3 Å². The molecule has 0 spiro atoms. The topological polar surface area (TPSA) is 70.5 Å². The third-order valence-electron chi connectivity index (χ3n) is 4.08. The number of nitrogens with zero attached hydrogens (tertiary/aromatic N) is 2. The van der Waals surface area contributed by atoms with E-state index in [0.717, 1.165) is 17.0 Å². The van der Waals surface area contributed by atoms with Crippen molar-refractivity contribution < 1.29 is 14.7 Å². The van der Waals surface area contributed by atoms with E-state index in [4.69, 9.17) is 16.7 Å². The fourth-order valence-electron chi connectivity index (χ4n) is 2.81. The van der Waals surface area contributed by atoms with Gasteiger partial charge in [-0.05, 0) is 25.0 Å². The number of piperidine rings is 1. The van der Waals surface area contributed by atoms with Crippen molar-refractivity contribution in [3.8, 4) is 10.6 Å². The first-order valence-electron chi connectivity index (χ1n) is 7.74. The van der Waals surface area contributed by atoms with Gasteiger partial charge in [0, 0.05) is 29.1 Å². The number of rotatable bonds is 4. The molecule has 3 rings (SSSR count). The van der Waals surface area contributed by atoms with Gasteiger partial charge in [0.05, 0.1) is 18.0 Å². The van der Waals surface area contributed by atoms with Gasteiger partial charge >= 0.3 is 5.97 Å². The Hall–Kier alpha value is -1.92. The highest BCUT2D eigenvalue weighted by Crippen LogP contribution is 2.26. The van der Waals surface area contributed by atoms with Crippen molar-refractivity contribution in [2.24, 2.45) is 5.92 Å². The number of halogens is 1. The lowest BCUT2D eigenvalue weighted by Crippen LogP contribution is -2.43. The lowest BCUT2D eigenvalue weighted by molar-refractivity contribution is -0.145. The minimum Gasteiger partial charge on any atom is -0.481 e. The van der Waals surface area contributed by atoms with Crippen LogP contribution in [0.1, 0.15) is 18.5 Å². The molecule has 1 amide bonds. The summed E-state index contributed by atoms with van der Waals surface area (Å²) in [5, 5.41) is 12.5. The van der Waals surface area contributed by atoms with Gasteiger partial charge in [0.15, 0.2) is 0 Å². The van der Waals surface area contributed by atoms with E-state index in [1.807, 2.05) is 23.6 Å². The summed E-state index contributed by atoms with van der Waals surface area (Å²) in [4.78, 5) is 29.7. The number of carboxylic acids is 1. The number of thiazole rings is 1. The van der Waals surface area contributed by atoms with E-state index in [9.17, 15) is 9.59 Å². The van der Waals surface area contributed by atoms with Crippen LogP contribution in [0.2, 0.25) is 5.02 Å². The maximum Gasteiger partial charge on any atom is 0.308 e. The van der Waals surface area contributed by atoms with Crippen LogP contribution < -0.4 is 0 Å². The van der Waals surface area contributed by atoms with Crippen molar-refractivity contribution in [2.45, 2.75) is 19.3 Å². The van der Waals surface area contributed by atoms with Gasteiger partial charge in [0.2, 0.25) is 5.91 Å². The second-order valence-electron chi connectivity index (χ2n) is 5.85. The Morgan fingerprint density at radius 1 is 1.42 bits per heavy atom. The fraction of sp³-hybridized carbons (Fsp3) is 0.353. The van der Waals surface area contributed by atoms with Crippen LogP contribution in [0.5, 0.6) is 0 Å². The van der Waals surface area contributed by atoms with Gasteiger partial charge in [0.25, 0.3) is 0 Å². The Morgan fingerprint density at radius 3 is 3.00 bits per heavy atom. The molecule has 0 aliphatic carbocycles. The number of hydrogen-bond donors (Lipinski definition) is 1. The van der Waals surface area contributed by atoms with E-state index in [-0.39, 0.29) is 12.3 Å². The zero-order valence-corrected chi connectivity index (χ0v) is 14.5. The van der Waals surface area contributed by atoms with E-state index in [1.165, 1.54) is 11.3 Å². The SMILES string of the molecule is O=C(O)C1CCCN(C(=O)Cc2csc(-c3cccc(Cl)c3)n2)C1. The Balaban J connectivity index is 1.66. The van der Waals surface area contributed by atoms with Crippen LogP contribution in [0.4, 0.5) is 0 Å². The maximum absolute atomic E-state index is 12.4. The number of aliphatic carboxylic acids is 1. The molecule has 0 saturated carbocycles. The molecule has 1 aliphatic heterocycles. The Bertz CT molecular complexity index is 762. The first-order valence-corrected chi connectivity index (χ1v) is 8.99. The number of carbonyl (C=O) groups excluding carboxylic acids is 1. The maximum atomic E-state index is 12.4. The molecule has 0 radical (unpaired) electrons. The summed E-state index contributed by atoms with van der Waals surface area (Å²) < 4.78 is 0. The molecule has 1 aromatic carbocycles. The Morgan fingerprint density at radius 2 is 2.25 bits per heavy atom. The van der Waals surface area contributed by atoms with Crippen LogP contribution in [0.3, 0.4) is 0 Å². The average molecular weight is 365 g/mol. The van der Waals surface area contributed by atoms with E-state index in [2.05, 4.69) is 4.98 Å². The summed E-state index contributed by atoms with van der Waals surface area (Å²) in [6.45, 7) is 0.910. The molecule has 2 heterocycles. The number of aromatic nitrogens is 1. The molecule has 1 fully saturated rings. The molecular weight excluding hydrogens is 348 g/mol. The molecular formula is C17H17ClN2O3S. The second-order valence-corrected chi connectivity index (χ2v) is 7.14. The third kappa shape index (κ3) is 3.94. The van der Waals surface area contributed by atoms with E-state index in [0.29, 0.717) is 30.2 Å². The summed E-state index contributed by atoms with van der Waals surface area (Å²) in [7, 11) is 0. The predicted molar refractivity (Wildman–Crippen MR) is 93.2 cm³/mol. The van der Waals surface area contributed by atoms with Gasteiger partial charge in [-0.1, -0.05) is 23.7 Å². The molecule has 0 bridgehead atoms. The summed E-state index contributed by atoms with van der Waals surface area (Å²) >= 11 is 7.47.